The molecule has 3 rings (SSSR count). The van der Waals surface area contributed by atoms with Crippen LogP contribution < -0.4 is 0 Å². The molecule has 1 unspecified atom stereocenters. The van der Waals surface area contributed by atoms with Gasteiger partial charge in [0.15, 0.2) is 0 Å². The standard InChI is InChI=1S/C17H16S.C2H4O2/c1-3-15-14-11-7-8-12-16(14)18-17(15,2)13-9-5-4-6-10-13;1-2(3)4/h3-12H,1-2H3;1H3,(H,3,4)/b15-3+;. The Labute approximate surface area is 135 Å². The SMILES string of the molecule is C/C=C1\c2ccccc2SC1(C)c1ccccc1.CC(=O)O. The van der Waals surface area contributed by atoms with Crippen molar-refractivity contribution in [2.24, 2.45) is 0 Å². The second kappa shape index (κ2) is 6.84. The number of hydrogen-bond acceptors (Lipinski definition) is 2. The second-order valence-corrected chi connectivity index (χ2v) is 6.68. The minimum atomic E-state index is -0.833. The number of allylic oxidation sites excluding steroid dienone is 1. The number of aliphatic carboxylic acids is 1. The molecule has 0 saturated heterocycles. The molecular formula is C19H20O2S. The number of carbonyl (C=O) groups is 1. The van der Waals surface area contributed by atoms with Crippen LogP contribution in [0.3, 0.4) is 0 Å². The Hall–Kier alpha value is -2.00. The number of thioether (sulfide) groups is 1. The van der Waals surface area contributed by atoms with Gasteiger partial charge in [-0.3, -0.25) is 4.79 Å². The third kappa shape index (κ3) is 3.25. The molecule has 1 aliphatic heterocycles. The van der Waals surface area contributed by atoms with Crippen LogP contribution in [0, 0.1) is 0 Å². The van der Waals surface area contributed by atoms with Crippen LogP contribution >= 0.6 is 11.8 Å². The van der Waals surface area contributed by atoms with Gasteiger partial charge >= 0.3 is 0 Å². The summed E-state index contributed by atoms with van der Waals surface area (Å²) in [6, 6.07) is 19.5. The second-order valence-electron chi connectivity index (χ2n) is 5.22. The first kappa shape index (κ1) is 16.4. The minimum Gasteiger partial charge on any atom is -0.481 e. The van der Waals surface area contributed by atoms with Gasteiger partial charge in [0, 0.05) is 11.8 Å². The summed E-state index contributed by atoms with van der Waals surface area (Å²) >= 11 is 1.96. The van der Waals surface area contributed by atoms with E-state index < -0.39 is 5.97 Å². The van der Waals surface area contributed by atoms with E-state index in [-0.39, 0.29) is 4.75 Å². The topological polar surface area (TPSA) is 37.3 Å². The molecule has 2 nitrogen and oxygen atoms in total. The number of hydrogen-bond donors (Lipinski definition) is 1. The van der Waals surface area contributed by atoms with Crippen LogP contribution in [0.25, 0.3) is 5.57 Å². The Morgan fingerprint density at radius 2 is 1.64 bits per heavy atom. The van der Waals surface area contributed by atoms with E-state index >= 15 is 0 Å². The van der Waals surface area contributed by atoms with Gasteiger partial charge in [-0.25, -0.2) is 0 Å². The first-order chi connectivity index (χ1) is 10.5. The highest BCUT2D eigenvalue weighted by Gasteiger charge is 2.39. The van der Waals surface area contributed by atoms with Gasteiger partial charge in [0.05, 0.1) is 4.75 Å². The van der Waals surface area contributed by atoms with Crippen LogP contribution in [0.15, 0.2) is 65.6 Å². The maximum Gasteiger partial charge on any atom is 0.300 e. The smallest absolute Gasteiger partial charge is 0.300 e. The average Bonchev–Trinajstić information content (AvgIpc) is 2.80. The summed E-state index contributed by atoms with van der Waals surface area (Å²) in [6.07, 6.45) is 2.26. The van der Waals surface area contributed by atoms with Crippen molar-refractivity contribution in [2.45, 2.75) is 30.4 Å². The van der Waals surface area contributed by atoms with E-state index in [4.69, 9.17) is 9.90 Å². The molecule has 1 N–H and O–H groups in total. The van der Waals surface area contributed by atoms with E-state index in [0.717, 1.165) is 6.92 Å². The largest absolute Gasteiger partial charge is 0.481 e. The Balaban J connectivity index is 0.000000396. The molecule has 0 fully saturated rings. The van der Waals surface area contributed by atoms with Crippen molar-refractivity contribution in [3.05, 3.63) is 71.8 Å². The average molecular weight is 312 g/mol. The molecule has 0 aliphatic carbocycles. The highest BCUT2D eigenvalue weighted by molar-refractivity contribution is 8.01. The highest BCUT2D eigenvalue weighted by Crippen LogP contribution is 2.57. The van der Waals surface area contributed by atoms with Gasteiger partial charge in [0.2, 0.25) is 0 Å². The molecule has 1 atom stereocenters. The van der Waals surface area contributed by atoms with Gasteiger partial charge in [-0.15, -0.1) is 11.8 Å². The van der Waals surface area contributed by atoms with E-state index in [1.54, 1.807) is 0 Å². The van der Waals surface area contributed by atoms with E-state index in [1.807, 2.05) is 11.8 Å². The van der Waals surface area contributed by atoms with E-state index in [2.05, 4.69) is 74.5 Å². The molecule has 2 aromatic carbocycles. The lowest BCUT2D eigenvalue weighted by Gasteiger charge is -2.26. The molecule has 22 heavy (non-hydrogen) atoms. The number of fused-ring (bicyclic) bond motifs is 1. The summed E-state index contributed by atoms with van der Waals surface area (Å²) in [7, 11) is 0. The number of carboxylic acid groups (broad SMARTS) is 1. The van der Waals surface area contributed by atoms with Crippen LogP contribution in [0.2, 0.25) is 0 Å². The normalized spacial score (nSPS) is 21.0. The molecule has 0 saturated carbocycles. The molecule has 3 heteroatoms. The minimum absolute atomic E-state index is 0.0414. The fourth-order valence-corrected chi connectivity index (χ4v) is 4.18. The summed E-state index contributed by atoms with van der Waals surface area (Å²) in [5, 5.41) is 7.42. The maximum absolute atomic E-state index is 9.00. The molecule has 0 radical (unpaired) electrons. The molecule has 0 bridgehead atoms. The van der Waals surface area contributed by atoms with E-state index in [9.17, 15) is 0 Å². The van der Waals surface area contributed by atoms with Crippen molar-refractivity contribution in [1.82, 2.24) is 0 Å². The Kier molecular flexibility index (Phi) is 5.09. The van der Waals surface area contributed by atoms with E-state index in [1.165, 1.54) is 21.6 Å². The lowest BCUT2D eigenvalue weighted by Crippen LogP contribution is -2.14. The summed E-state index contributed by atoms with van der Waals surface area (Å²) in [6.45, 7) is 5.54. The zero-order valence-electron chi connectivity index (χ0n) is 13.0. The summed E-state index contributed by atoms with van der Waals surface area (Å²) in [5.41, 5.74) is 4.19. The lowest BCUT2D eigenvalue weighted by atomic mass is 9.87. The van der Waals surface area contributed by atoms with Crippen molar-refractivity contribution in [2.75, 3.05) is 0 Å². The van der Waals surface area contributed by atoms with Gasteiger partial charge in [-0.1, -0.05) is 54.6 Å². The summed E-state index contributed by atoms with van der Waals surface area (Å²) < 4.78 is 0.0414. The Morgan fingerprint density at radius 3 is 2.23 bits per heavy atom. The van der Waals surface area contributed by atoms with Crippen molar-refractivity contribution in [3.8, 4) is 0 Å². The van der Waals surface area contributed by atoms with Gasteiger partial charge in [-0.2, -0.15) is 0 Å². The maximum atomic E-state index is 9.00. The lowest BCUT2D eigenvalue weighted by molar-refractivity contribution is -0.134. The first-order valence-corrected chi connectivity index (χ1v) is 8.01. The predicted molar refractivity (Wildman–Crippen MR) is 93.1 cm³/mol. The van der Waals surface area contributed by atoms with Crippen LogP contribution in [0.5, 0.6) is 0 Å². The predicted octanol–water partition coefficient (Wildman–Crippen LogP) is 5.20. The molecule has 2 aromatic rings. The highest BCUT2D eigenvalue weighted by atomic mass is 32.2. The zero-order valence-corrected chi connectivity index (χ0v) is 13.9. The molecule has 0 spiro atoms. The number of rotatable bonds is 1. The Morgan fingerprint density at radius 1 is 1.09 bits per heavy atom. The van der Waals surface area contributed by atoms with E-state index in [0.29, 0.717) is 0 Å². The third-order valence-electron chi connectivity index (χ3n) is 3.62. The van der Waals surface area contributed by atoms with Crippen LogP contribution in [-0.4, -0.2) is 11.1 Å². The third-order valence-corrected chi connectivity index (χ3v) is 5.06. The van der Waals surface area contributed by atoms with Crippen molar-refractivity contribution in [1.29, 1.82) is 0 Å². The van der Waals surface area contributed by atoms with Crippen LogP contribution in [0.4, 0.5) is 0 Å². The van der Waals surface area contributed by atoms with Crippen LogP contribution in [0.1, 0.15) is 31.9 Å². The molecule has 114 valence electrons. The molecule has 0 amide bonds. The molecule has 1 heterocycles. The van der Waals surface area contributed by atoms with Crippen molar-refractivity contribution >= 4 is 23.3 Å². The van der Waals surface area contributed by atoms with Crippen molar-refractivity contribution < 1.29 is 9.90 Å². The summed E-state index contributed by atoms with van der Waals surface area (Å²) in [5.74, 6) is -0.833. The monoisotopic (exact) mass is 312 g/mol. The first-order valence-electron chi connectivity index (χ1n) is 7.19. The fraction of sp³-hybridized carbons (Fsp3) is 0.211. The Bertz CT molecular complexity index is 688. The zero-order chi connectivity index (χ0) is 16.2. The van der Waals surface area contributed by atoms with Crippen LogP contribution in [-0.2, 0) is 9.54 Å². The van der Waals surface area contributed by atoms with Gasteiger partial charge in [0.1, 0.15) is 0 Å². The quantitative estimate of drug-likeness (QED) is 0.786. The van der Waals surface area contributed by atoms with Gasteiger partial charge in [-0.05, 0) is 36.6 Å². The molecule has 1 aliphatic rings. The van der Waals surface area contributed by atoms with Crippen molar-refractivity contribution in [3.63, 3.8) is 0 Å². The van der Waals surface area contributed by atoms with Gasteiger partial charge < -0.3 is 5.11 Å². The number of carboxylic acids is 1. The molecule has 0 aromatic heterocycles. The molecular weight excluding hydrogens is 292 g/mol. The fourth-order valence-electron chi connectivity index (χ4n) is 2.71. The summed E-state index contributed by atoms with van der Waals surface area (Å²) in [4.78, 5) is 10.4. The number of benzene rings is 2. The van der Waals surface area contributed by atoms with Gasteiger partial charge in [0.25, 0.3) is 5.97 Å².